The number of amides is 1. The Balaban J connectivity index is 2.48. The van der Waals surface area contributed by atoms with Gasteiger partial charge in [-0.25, -0.2) is 9.97 Å². The van der Waals surface area contributed by atoms with Gasteiger partial charge in [-0.1, -0.05) is 20.8 Å². The van der Waals surface area contributed by atoms with Crippen molar-refractivity contribution in [2.24, 2.45) is 5.92 Å². The van der Waals surface area contributed by atoms with Gasteiger partial charge in [-0.3, -0.25) is 4.79 Å². The summed E-state index contributed by atoms with van der Waals surface area (Å²) in [4.78, 5) is 20.1. The molecule has 1 aromatic heterocycles. The average Bonchev–Trinajstić information content (AvgIpc) is 2.38. The highest BCUT2D eigenvalue weighted by Crippen LogP contribution is 2.04. The van der Waals surface area contributed by atoms with Crippen molar-refractivity contribution >= 4 is 11.9 Å². The van der Waals surface area contributed by atoms with Crippen LogP contribution in [0.1, 0.15) is 50.9 Å². The van der Waals surface area contributed by atoms with E-state index in [9.17, 15) is 4.79 Å². The molecule has 0 radical (unpaired) electrons. The van der Waals surface area contributed by atoms with Gasteiger partial charge in [-0.2, -0.15) is 0 Å². The van der Waals surface area contributed by atoms with Crippen LogP contribution in [-0.2, 0) is 0 Å². The Morgan fingerprint density at radius 2 is 1.89 bits per heavy atom. The third-order valence-corrected chi connectivity index (χ3v) is 2.91. The van der Waals surface area contributed by atoms with E-state index < -0.39 is 0 Å². The summed E-state index contributed by atoms with van der Waals surface area (Å²) in [6.07, 6.45) is 5.09. The molecule has 0 aromatic carbocycles. The van der Waals surface area contributed by atoms with Gasteiger partial charge in [0.2, 0.25) is 5.95 Å². The molecular formula is C14H24N4O. The summed E-state index contributed by atoms with van der Waals surface area (Å²) in [5, 5.41) is 6.02. The Bertz CT molecular complexity index is 389. The topological polar surface area (TPSA) is 66.9 Å². The molecular weight excluding hydrogens is 240 g/mol. The number of hydrogen-bond acceptors (Lipinski definition) is 4. The first-order valence-corrected chi connectivity index (χ1v) is 6.89. The average molecular weight is 264 g/mol. The zero-order valence-electron chi connectivity index (χ0n) is 12.2. The number of nitrogens with one attached hydrogen (secondary N) is 2. The first-order chi connectivity index (χ1) is 9.02. The van der Waals surface area contributed by atoms with Crippen LogP contribution in [-0.4, -0.2) is 28.5 Å². The predicted molar refractivity (Wildman–Crippen MR) is 77.2 cm³/mol. The van der Waals surface area contributed by atoms with E-state index in [0.29, 0.717) is 30.0 Å². The van der Waals surface area contributed by atoms with Crippen molar-refractivity contribution in [2.75, 3.05) is 11.9 Å². The Kier molecular flexibility index (Phi) is 6.25. The lowest BCUT2D eigenvalue weighted by atomic mass is 10.1. The second-order valence-electron chi connectivity index (χ2n) is 5.19. The van der Waals surface area contributed by atoms with Gasteiger partial charge >= 0.3 is 0 Å². The summed E-state index contributed by atoms with van der Waals surface area (Å²) in [5.41, 5.74) is 0.499. The van der Waals surface area contributed by atoms with E-state index in [1.165, 1.54) is 0 Å². The van der Waals surface area contributed by atoms with E-state index in [4.69, 9.17) is 0 Å². The van der Waals surface area contributed by atoms with Gasteiger partial charge in [0.1, 0.15) is 0 Å². The van der Waals surface area contributed by atoms with Gasteiger partial charge in [0, 0.05) is 25.0 Å². The van der Waals surface area contributed by atoms with Crippen molar-refractivity contribution in [1.82, 2.24) is 15.3 Å². The molecule has 106 valence electrons. The van der Waals surface area contributed by atoms with E-state index >= 15 is 0 Å². The molecule has 1 unspecified atom stereocenters. The summed E-state index contributed by atoms with van der Waals surface area (Å²) in [6, 6.07) is 0.325. The predicted octanol–water partition coefficient (Wildman–Crippen LogP) is 2.46. The van der Waals surface area contributed by atoms with Gasteiger partial charge in [0.25, 0.3) is 5.91 Å². The molecule has 1 atom stereocenters. The fourth-order valence-electron chi connectivity index (χ4n) is 1.42. The Hall–Kier alpha value is -1.65. The molecule has 0 fully saturated rings. The highest BCUT2D eigenvalue weighted by Gasteiger charge is 2.07. The summed E-state index contributed by atoms with van der Waals surface area (Å²) < 4.78 is 0. The van der Waals surface area contributed by atoms with E-state index in [2.05, 4.69) is 48.3 Å². The van der Waals surface area contributed by atoms with Gasteiger partial charge < -0.3 is 10.6 Å². The Labute approximate surface area is 115 Å². The first-order valence-electron chi connectivity index (χ1n) is 6.89. The smallest absolute Gasteiger partial charge is 0.254 e. The maximum Gasteiger partial charge on any atom is 0.254 e. The zero-order valence-corrected chi connectivity index (χ0v) is 12.2. The minimum Gasteiger partial charge on any atom is -0.352 e. The van der Waals surface area contributed by atoms with Crippen LogP contribution in [0.5, 0.6) is 0 Å². The minimum atomic E-state index is -0.115. The van der Waals surface area contributed by atoms with Gasteiger partial charge in [-0.15, -0.1) is 0 Å². The Morgan fingerprint density at radius 1 is 1.26 bits per heavy atom. The lowest BCUT2D eigenvalue weighted by Crippen LogP contribution is -2.25. The molecule has 0 saturated heterocycles. The highest BCUT2D eigenvalue weighted by atomic mass is 16.1. The second-order valence-corrected chi connectivity index (χ2v) is 5.19. The van der Waals surface area contributed by atoms with Crippen molar-refractivity contribution < 1.29 is 4.79 Å². The summed E-state index contributed by atoms with van der Waals surface area (Å²) in [6.45, 7) is 9.10. The summed E-state index contributed by atoms with van der Waals surface area (Å²) in [7, 11) is 0. The van der Waals surface area contributed by atoms with Crippen molar-refractivity contribution in [2.45, 2.75) is 46.6 Å². The van der Waals surface area contributed by atoms with E-state index in [1.54, 1.807) is 12.4 Å². The normalized spacial score (nSPS) is 12.3. The lowest BCUT2D eigenvalue weighted by Gasteiger charge is -2.11. The molecule has 0 aliphatic heterocycles. The first kappa shape index (κ1) is 15.4. The number of carbonyl (C=O) groups is 1. The molecule has 0 spiro atoms. The Morgan fingerprint density at radius 3 is 2.42 bits per heavy atom. The van der Waals surface area contributed by atoms with Crippen molar-refractivity contribution in [3.63, 3.8) is 0 Å². The molecule has 0 saturated carbocycles. The van der Waals surface area contributed by atoms with Crippen LogP contribution in [0.3, 0.4) is 0 Å². The maximum absolute atomic E-state index is 11.8. The number of aromatic nitrogens is 2. The number of anilines is 1. The molecule has 1 amide bonds. The third-order valence-electron chi connectivity index (χ3n) is 2.91. The highest BCUT2D eigenvalue weighted by molar-refractivity contribution is 5.93. The number of hydrogen-bond donors (Lipinski definition) is 2. The van der Waals surface area contributed by atoms with Crippen LogP contribution in [0, 0.1) is 5.92 Å². The fourth-order valence-corrected chi connectivity index (χ4v) is 1.42. The number of rotatable bonds is 7. The van der Waals surface area contributed by atoms with Gasteiger partial charge in [-0.05, 0) is 25.7 Å². The summed E-state index contributed by atoms with van der Waals surface area (Å²) >= 11 is 0. The quantitative estimate of drug-likeness (QED) is 0.794. The molecule has 1 aromatic rings. The minimum absolute atomic E-state index is 0.115. The molecule has 1 heterocycles. The SMILES string of the molecule is CCC(C)Nc1ncc(C(=O)NCCC(C)C)cn1. The van der Waals surface area contributed by atoms with Crippen molar-refractivity contribution in [3.05, 3.63) is 18.0 Å². The molecule has 2 N–H and O–H groups in total. The monoisotopic (exact) mass is 264 g/mol. The van der Waals surface area contributed by atoms with Crippen LogP contribution in [0.4, 0.5) is 5.95 Å². The van der Waals surface area contributed by atoms with Crippen LogP contribution in [0.25, 0.3) is 0 Å². The van der Waals surface area contributed by atoms with E-state index in [-0.39, 0.29) is 5.91 Å². The van der Waals surface area contributed by atoms with Crippen LogP contribution < -0.4 is 10.6 Å². The number of nitrogens with zero attached hydrogens (tertiary/aromatic N) is 2. The third kappa shape index (κ3) is 5.68. The largest absolute Gasteiger partial charge is 0.352 e. The molecule has 19 heavy (non-hydrogen) atoms. The van der Waals surface area contributed by atoms with Crippen molar-refractivity contribution in [3.8, 4) is 0 Å². The van der Waals surface area contributed by atoms with Gasteiger partial charge in [0.05, 0.1) is 5.56 Å². The summed E-state index contributed by atoms with van der Waals surface area (Å²) in [5.74, 6) is 1.03. The van der Waals surface area contributed by atoms with Gasteiger partial charge in [0.15, 0.2) is 0 Å². The standard InChI is InChI=1S/C14H24N4O/c1-5-11(4)18-14-16-8-12(9-17-14)13(19)15-7-6-10(2)3/h8-11H,5-7H2,1-4H3,(H,15,19)(H,16,17,18). The molecule has 5 heteroatoms. The van der Waals surface area contributed by atoms with Crippen LogP contribution in [0.2, 0.25) is 0 Å². The molecule has 0 aliphatic carbocycles. The van der Waals surface area contributed by atoms with Crippen LogP contribution >= 0.6 is 0 Å². The number of carbonyl (C=O) groups excluding carboxylic acids is 1. The van der Waals surface area contributed by atoms with Crippen molar-refractivity contribution in [1.29, 1.82) is 0 Å². The zero-order chi connectivity index (χ0) is 14.3. The maximum atomic E-state index is 11.8. The molecule has 0 aliphatic rings. The molecule has 5 nitrogen and oxygen atoms in total. The second kappa shape index (κ2) is 7.71. The molecule has 1 rings (SSSR count). The van der Waals surface area contributed by atoms with Crippen LogP contribution in [0.15, 0.2) is 12.4 Å². The van der Waals surface area contributed by atoms with E-state index in [0.717, 1.165) is 12.8 Å². The fraction of sp³-hybridized carbons (Fsp3) is 0.643. The molecule has 0 bridgehead atoms. The van der Waals surface area contributed by atoms with E-state index in [1.807, 2.05) is 0 Å². The lowest BCUT2D eigenvalue weighted by molar-refractivity contribution is 0.0951.